The molecule has 1 N–H and O–H groups in total. The fourth-order valence-corrected chi connectivity index (χ4v) is 2.12. The second kappa shape index (κ2) is 6.10. The fourth-order valence-electron chi connectivity index (χ4n) is 1.95. The molecular weight excluding hydrogens is 276 g/mol. The van der Waals surface area contributed by atoms with Crippen molar-refractivity contribution in [1.82, 2.24) is 0 Å². The maximum absolute atomic E-state index is 11.7. The van der Waals surface area contributed by atoms with E-state index >= 15 is 0 Å². The minimum Gasteiger partial charge on any atom is -0.359 e. The van der Waals surface area contributed by atoms with E-state index in [4.69, 9.17) is 22.1 Å². The second-order valence-electron chi connectivity index (χ2n) is 4.24. The highest BCUT2D eigenvalue weighted by molar-refractivity contribution is 6.33. The maximum atomic E-state index is 11.7. The number of amides is 1. The number of carbonyl (C=O) groups excluding carboxylic acids is 1. The summed E-state index contributed by atoms with van der Waals surface area (Å²) in [6.07, 6.45) is 2.69. The highest BCUT2D eigenvalue weighted by Crippen LogP contribution is 2.30. The first-order chi connectivity index (χ1) is 9.65. The first kappa shape index (κ1) is 13.9. The van der Waals surface area contributed by atoms with E-state index in [1.807, 2.05) is 0 Å². The number of hydrogen-bond acceptors (Lipinski definition) is 4. The van der Waals surface area contributed by atoms with E-state index in [0.717, 1.165) is 12.1 Å². The van der Waals surface area contributed by atoms with E-state index in [1.165, 1.54) is 6.20 Å². The number of allylic oxidation sites excluding steroid dienone is 1. The maximum Gasteiger partial charge on any atom is 0.227 e. The van der Waals surface area contributed by atoms with Gasteiger partial charge in [0.05, 0.1) is 10.7 Å². The third kappa shape index (κ3) is 2.90. The van der Waals surface area contributed by atoms with Gasteiger partial charge in [0.2, 0.25) is 5.91 Å². The van der Waals surface area contributed by atoms with Crippen molar-refractivity contribution in [1.29, 1.82) is 10.5 Å². The summed E-state index contributed by atoms with van der Waals surface area (Å²) in [4.78, 5) is 13.4. The molecular formula is C14H11ClN4O. The smallest absolute Gasteiger partial charge is 0.227 e. The number of nitrogens with zero attached hydrogens (tertiary/aromatic N) is 3. The summed E-state index contributed by atoms with van der Waals surface area (Å²) in [5.74, 6) is 0.0866. The Bertz CT molecular complexity index is 638. The Balaban J connectivity index is 2.26. The van der Waals surface area contributed by atoms with Crippen LogP contribution in [0.2, 0.25) is 5.02 Å². The molecule has 1 heterocycles. The highest BCUT2D eigenvalue weighted by atomic mass is 35.5. The highest BCUT2D eigenvalue weighted by Gasteiger charge is 2.22. The normalized spacial score (nSPS) is 13.6. The van der Waals surface area contributed by atoms with E-state index in [0.29, 0.717) is 23.7 Å². The number of rotatable bonds is 3. The molecule has 100 valence electrons. The lowest BCUT2D eigenvalue weighted by molar-refractivity contribution is -0.117. The summed E-state index contributed by atoms with van der Waals surface area (Å²) < 4.78 is 0. The van der Waals surface area contributed by atoms with Gasteiger partial charge >= 0.3 is 0 Å². The zero-order chi connectivity index (χ0) is 14.5. The van der Waals surface area contributed by atoms with Gasteiger partial charge in [0.15, 0.2) is 0 Å². The van der Waals surface area contributed by atoms with Gasteiger partial charge in [0, 0.05) is 24.9 Å². The van der Waals surface area contributed by atoms with E-state index in [2.05, 4.69) is 5.32 Å². The average molecular weight is 287 g/mol. The van der Waals surface area contributed by atoms with Crippen LogP contribution in [0.3, 0.4) is 0 Å². The Hall–Kier alpha value is -2.50. The standard InChI is InChI=1S/C14H11ClN4O/c15-12-4-3-11(19-5-1-2-14(19)20)6-13(12)18-9-10(7-16)8-17/h3-4,6,9,18H,1-2,5H2. The lowest BCUT2D eigenvalue weighted by Gasteiger charge is -2.17. The van der Waals surface area contributed by atoms with Crippen molar-refractivity contribution in [2.75, 3.05) is 16.8 Å². The van der Waals surface area contributed by atoms with Crippen LogP contribution < -0.4 is 10.2 Å². The van der Waals surface area contributed by atoms with Crippen LogP contribution in [0.4, 0.5) is 11.4 Å². The molecule has 1 saturated heterocycles. The van der Waals surface area contributed by atoms with Gasteiger partial charge in [-0.05, 0) is 24.6 Å². The third-order valence-corrected chi connectivity index (χ3v) is 3.28. The Morgan fingerprint density at radius 1 is 1.40 bits per heavy atom. The van der Waals surface area contributed by atoms with Crippen molar-refractivity contribution < 1.29 is 4.79 Å². The largest absolute Gasteiger partial charge is 0.359 e. The van der Waals surface area contributed by atoms with Gasteiger partial charge in [-0.1, -0.05) is 11.6 Å². The van der Waals surface area contributed by atoms with Crippen LogP contribution in [0.5, 0.6) is 0 Å². The molecule has 5 nitrogen and oxygen atoms in total. The molecule has 6 heteroatoms. The minimum absolute atomic E-state index is 0.0521. The molecule has 1 aromatic rings. The van der Waals surface area contributed by atoms with Gasteiger partial charge in [0.1, 0.15) is 17.7 Å². The number of nitriles is 2. The predicted octanol–water partition coefficient (Wildman–Crippen LogP) is 2.81. The Morgan fingerprint density at radius 2 is 2.15 bits per heavy atom. The fraction of sp³-hybridized carbons (Fsp3) is 0.214. The number of hydrogen-bond donors (Lipinski definition) is 1. The van der Waals surface area contributed by atoms with Gasteiger partial charge in [-0.25, -0.2) is 0 Å². The first-order valence-corrected chi connectivity index (χ1v) is 6.40. The zero-order valence-electron chi connectivity index (χ0n) is 10.6. The molecule has 0 radical (unpaired) electrons. The quantitative estimate of drug-likeness (QED) is 0.867. The van der Waals surface area contributed by atoms with E-state index < -0.39 is 0 Å². The van der Waals surface area contributed by atoms with Crippen molar-refractivity contribution in [3.8, 4) is 12.1 Å². The van der Waals surface area contributed by atoms with E-state index in [-0.39, 0.29) is 11.5 Å². The second-order valence-corrected chi connectivity index (χ2v) is 4.65. The van der Waals surface area contributed by atoms with Crippen LogP contribution in [0.25, 0.3) is 0 Å². The van der Waals surface area contributed by atoms with E-state index in [1.54, 1.807) is 35.2 Å². The molecule has 2 rings (SSSR count). The van der Waals surface area contributed by atoms with Gasteiger partial charge in [0.25, 0.3) is 0 Å². The van der Waals surface area contributed by atoms with Crippen LogP contribution in [0.1, 0.15) is 12.8 Å². The predicted molar refractivity (Wildman–Crippen MR) is 76.0 cm³/mol. The molecule has 1 amide bonds. The summed E-state index contributed by atoms with van der Waals surface area (Å²) in [6, 6.07) is 8.68. The van der Waals surface area contributed by atoms with Crippen LogP contribution in [0, 0.1) is 22.7 Å². The number of nitrogens with one attached hydrogen (secondary N) is 1. The monoisotopic (exact) mass is 286 g/mol. The zero-order valence-corrected chi connectivity index (χ0v) is 11.3. The van der Waals surface area contributed by atoms with E-state index in [9.17, 15) is 4.79 Å². The van der Waals surface area contributed by atoms with Crippen molar-refractivity contribution in [2.24, 2.45) is 0 Å². The molecule has 1 fully saturated rings. The van der Waals surface area contributed by atoms with Crippen LogP contribution in [-0.4, -0.2) is 12.5 Å². The van der Waals surface area contributed by atoms with Gasteiger partial charge in [-0.3, -0.25) is 4.79 Å². The van der Waals surface area contributed by atoms with Crippen LogP contribution >= 0.6 is 11.6 Å². The average Bonchev–Trinajstić information content (AvgIpc) is 2.88. The number of carbonyl (C=O) groups is 1. The minimum atomic E-state index is -0.0521. The van der Waals surface area contributed by atoms with Gasteiger partial charge in [-0.15, -0.1) is 0 Å². The molecule has 1 aliphatic rings. The summed E-state index contributed by atoms with van der Waals surface area (Å²) in [5, 5.41) is 20.6. The molecule has 0 aliphatic carbocycles. The van der Waals surface area contributed by atoms with Crippen molar-refractivity contribution in [3.63, 3.8) is 0 Å². The Morgan fingerprint density at radius 3 is 2.75 bits per heavy atom. The lowest BCUT2D eigenvalue weighted by Crippen LogP contribution is -2.23. The molecule has 1 aliphatic heterocycles. The first-order valence-electron chi connectivity index (χ1n) is 6.02. The summed E-state index contributed by atoms with van der Waals surface area (Å²) in [6.45, 7) is 0.692. The summed E-state index contributed by atoms with van der Waals surface area (Å²) in [5.41, 5.74) is 1.25. The number of anilines is 2. The molecule has 0 unspecified atom stereocenters. The van der Waals surface area contributed by atoms with Crippen molar-refractivity contribution >= 4 is 28.9 Å². The third-order valence-electron chi connectivity index (χ3n) is 2.95. The summed E-state index contributed by atoms with van der Waals surface area (Å²) >= 11 is 6.05. The SMILES string of the molecule is N#CC(C#N)=CNc1cc(N2CCCC2=O)ccc1Cl. The topological polar surface area (TPSA) is 79.9 Å². The van der Waals surface area contributed by atoms with Crippen molar-refractivity contribution in [3.05, 3.63) is 35.0 Å². The molecule has 0 spiro atoms. The van der Waals surface area contributed by atoms with Crippen molar-refractivity contribution in [2.45, 2.75) is 12.8 Å². The summed E-state index contributed by atoms with van der Waals surface area (Å²) in [7, 11) is 0. The molecule has 20 heavy (non-hydrogen) atoms. The van der Waals surface area contributed by atoms with Gasteiger partial charge < -0.3 is 10.2 Å². The number of halogens is 1. The molecule has 0 bridgehead atoms. The molecule has 0 atom stereocenters. The Labute approximate surface area is 121 Å². The Kier molecular flexibility index (Phi) is 4.24. The van der Waals surface area contributed by atoms with Crippen LogP contribution in [-0.2, 0) is 4.79 Å². The van der Waals surface area contributed by atoms with Crippen LogP contribution in [0.15, 0.2) is 30.0 Å². The molecule has 1 aromatic carbocycles. The lowest BCUT2D eigenvalue weighted by atomic mass is 10.2. The molecule has 0 saturated carbocycles. The molecule has 0 aromatic heterocycles. The number of benzene rings is 1. The van der Waals surface area contributed by atoms with Gasteiger partial charge in [-0.2, -0.15) is 10.5 Å².